The van der Waals surface area contributed by atoms with Gasteiger partial charge in [0.2, 0.25) is 10.0 Å². The van der Waals surface area contributed by atoms with E-state index in [1.54, 1.807) is 30.3 Å². The van der Waals surface area contributed by atoms with Gasteiger partial charge in [0.1, 0.15) is 4.90 Å². The van der Waals surface area contributed by atoms with Crippen molar-refractivity contribution in [2.45, 2.75) is 23.8 Å². The Morgan fingerprint density at radius 2 is 1.96 bits per heavy atom. The van der Waals surface area contributed by atoms with Gasteiger partial charge in [0.25, 0.3) is 0 Å². The molecule has 1 N–H and O–H groups in total. The van der Waals surface area contributed by atoms with Crippen LogP contribution in [0, 0.1) is 0 Å². The summed E-state index contributed by atoms with van der Waals surface area (Å²) >= 11 is 6.04. The van der Waals surface area contributed by atoms with Crippen LogP contribution in [0.4, 0.5) is 0 Å². The third-order valence-electron chi connectivity index (χ3n) is 4.37. The van der Waals surface area contributed by atoms with Crippen molar-refractivity contribution in [2.24, 2.45) is 0 Å². The smallest absolute Gasteiger partial charge is 0.335 e. The Balaban J connectivity index is 2.01. The Morgan fingerprint density at radius 1 is 1.25 bits per heavy atom. The van der Waals surface area contributed by atoms with Crippen LogP contribution in [0.25, 0.3) is 0 Å². The van der Waals surface area contributed by atoms with E-state index in [-0.39, 0.29) is 15.5 Å². The second kappa shape index (κ2) is 6.20. The fourth-order valence-electron chi connectivity index (χ4n) is 3.07. The summed E-state index contributed by atoms with van der Waals surface area (Å²) in [5, 5.41) is 9.33. The number of carbonyl (C=O) groups is 1. The molecular weight excluding hydrogens is 350 g/mol. The van der Waals surface area contributed by atoms with E-state index >= 15 is 0 Å². The van der Waals surface area contributed by atoms with Crippen molar-refractivity contribution >= 4 is 27.6 Å². The molecule has 1 aliphatic rings. The van der Waals surface area contributed by atoms with Crippen LogP contribution in [0.15, 0.2) is 47.4 Å². The molecule has 2 aromatic carbocycles. The number of aryl methyl sites for hydroxylation is 1. The number of hydrogen-bond donors (Lipinski definition) is 1. The van der Waals surface area contributed by atoms with E-state index in [0.717, 1.165) is 11.1 Å². The zero-order valence-electron chi connectivity index (χ0n) is 12.9. The highest BCUT2D eigenvalue weighted by molar-refractivity contribution is 7.89. The minimum Gasteiger partial charge on any atom is -0.478 e. The lowest BCUT2D eigenvalue weighted by Gasteiger charge is -2.25. The van der Waals surface area contributed by atoms with Gasteiger partial charge in [-0.2, -0.15) is 4.31 Å². The van der Waals surface area contributed by atoms with Gasteiger partial charge in [-0.1, -0.05) is 29.8 Å². The quantitative estimate of drug-likeness (QED) is 0.901. The highest BCUT2D eigenvalue weighted by atomic mass is 35.5. The summed E-state index contributed by atoms with van der Waals surface area (Å²) < 4.78 is 27.1. The van der Waals surface area contributed by atoms with Crippen molar-refractivity contribution in [2.75, 3.05) is 7.05 Å². The third kappa shape index (κ3) is 2.81. The lowest BCUT2D eigenvalue weighted by molar-refractivity contribution is 0.0696. The first-order valence-corrected chi connectivity index (χ1v) is 9.23. The number of benzene rings is 2. The number of rotatable bonds is 4. The SMILES string of the molecule is CN([C@@H]1CCc2ccc(C(=O)O)cc21)S(=O)(=O)c1ccccc1Cl. The first kappa shape index (κ1) is 17.0. The molecule has 0 saturated carbocycles. The van der Waals surface area contributed by atoms with Gasteiger partial charge < -0.3 is 5.11 Å². The van der Waals surface area contributed by atoms with Crippen molar-refractivity contribution in [1.29, 1.82) is 0 Å². The van der Waals surface area contributed by atoms with E-state index in [2.05, 4.69) is 0 Å². The van der Waals surface area contributed by atoms with Gasteiger partial charge in [0.15, 0.2) is 0 Å². The molecule has 0 aliphatic heterocycles. The molecule has 0 aromatic heterocycles. The molecule has 5 nitrogen and oxygen atoms in total. The normalized spacial score (nSPS) is 17.0. The fourth-order valence-corrected chi connectivity index (χ4v) is 4.93. The molecule has 2 aromatic rings. The van der Waals surface area contributed by atoms with Crippen molar-refractivity contribution in [3.63, 3.8) is 0 Å². The Morgan fingerprint density at radius 3 is 2.62 bits per heavy atom. The minimum atomic E-state index is -3.77. The molecule has 1 atom stereocenters. The summed E-state index contributed by atoms with van der Waals surface area (Å²) in [6, 6.07) is 10.8. The largest absolute Gasteiger partial charge is 0.478 e. The number of hydrogen-bond acceptors (Lipinski definition) is 3. The van der Waals surface area contributed by atoms with E-state index in [4.69, 9.17) is 16.7 Å². The monoisotopic (exact) mass is 365 g/mol. The Hall–Kier alpha value is -1.89. The lowest BCUT2D eigenvalue weighted by atomic mass is 10.0. The van der Waals surface area contributed by atoms with Gasteiger partial charge >= 0.3 is 5.97 Å². The average molecular weight is 366 g/mol. The third-order valence-corrected chi connectivity index (χ3v) is 6.74. The minimum absolute atomic E-state index is 0.0528. The average Bonchev–Trinajstić information content (AvgIpc) is 2.97. The molecule has 1 aliphatic carbocycles. The topological polar surface area (TPSA) is 74.7 Å². The van der Waals surface area contributed by atoms with E-state index in [9.17, 15) is 13.2 Å². The standard InChI is InChI=1S/C17H16ClNO4S/c1-19(24(22,23)16-5-3-2-4-14(16)18)15-9-8-11-6-7-12(17(20)21)10-13(11)15/h2-7,10,15H,8-9H2,1H3,(H,20,21)/t15-/m1/s1. The second-order valence-electron chi connectivity index (χ2n) is 5.72. The zero-order chi connectivity index (χ0) is 17.5. The number of carboxylic acid groups (broad SMARTS) is 1. The number of aromatic carboxylic acids is 1. The van der Waals surface area contributed by atoms with Crippen LogP contribution in [0.5, 0.6) is 0 Å². The van der Waals surface area contributed by atoms with Crippen molar-refractivity contribution in [1.82, 2.24) is 4.31 Å². The summed E-state index contributed by atoms with van der Waals surface area (Å²) in [4.78, 5) is 11.2. The van der Waals surface area contributed by atoms with Crippen LogP contribution in [-0.4, -0.2) is 30.8 Å². The van der Waals surface area contributed by atoms with E-state index in [1.807, 2.05) is 0 Å². The molecule has 126 valence electrons. The van der Waals surface area contributed by atoms with E-state index in [0.29, 0.717) is 12.8 Å². The Bertz CT molecular complexity index is 911. The summed E-state index contributed by atoms with van der Waals surface area (Å²) in [5.74, 6) is -1.03. The van der Waals surface area contributed by atoms with Gasteiger partial charge in [0, 0.05) is 7.05 Å². The molecule has 0 amide bonds. The molecule has 0 heterocycles. The maximum absolute atomic E-state index is 12.9. The first-order valence-electron chi connectivity index (χ1n) is 7.41. The number of nitrogens with zero attached hydrogens (tertiary/aromatic N) is 1. The van der Waals surface area contributed by atoms with Crippen LogP contribution >= 0.6 is 11.6 Å². The van der Waals surface area contributed by atoms with Crippen LogP contribution in [0.3, 0.4) is 0 Å². The highest BCUT2D eigenvalue weighted by Gasteiger charge is 2.34. The predicted octanol–water partition coefficient (Wildman–Crippen LogP) is 3.35. The summed E-state index contributed by atoms with van der Waals surface area (Å²) in [6.07, 6.45) is 1.32. The summed E-state index contributed by atoms with van der Waals surface area (Å²) in [6.45, 7) is 0. The molecular formula is C17H16ClNO4S. The second-order valence-corrected chi connectivity index (χ2v) is 8.10. The van der Waals surface area contributed by atoms with Gasteiger partial charge in [-0.05, 0) is 48.2 Å². The molecule has 0 unspecified atom stereocenters. The van der Waals surface area contributed by atoms with Crippen LogP contribution < -0.4 is 0 Å². The number of sulfonamides is 1. The number of fused-ring (bicyclic) bond motifs is 1. The molecule has 24 heavy (non-hydrogen) atoms. The fraction of sp³-hybridized carbons (Fsp3) is 0.235. The molecule has 0 fully saturated rings. The van der Waals surface area contributed by atoms with Crippen LogP contribution in [0.1, 0.15) is 33.9 Å². The molecule has 3 rings (SSSR count). The van der Waals surface area contributed by atoms with Crippen molar-refractivity contribution < 1.29 is 18.3 Å². The Kier molecular flexibility index (Phi) is 4.38. The maximum Gasteiger partial charge on any atom is 0.335 e. The van der Waals surface area contributed by atoms with Crippen LogP contribution in [0.2, 0.25) is 5.02 Å². The van der Waals surface area contributed by atoms with Gasteiger partial charge in [0.05, 0.1) is 16.6 Å². The van der Waals surface area contributed by atoms with Gasteiger partial charge in [-0.3, -0.25) is 0 Å². The number of halogens is 1. The lowest BCUT2D eigenvalue weighted by Crippen LogP contribution is -2.30. The van der Waals surface area contributed by atoms with E-state index in [1.165, 1.54) is 23.5 Å². The molecule has 7 heteroatoms. The first-order chi connectivity index (χ1) is 11.3. The number of carboxylic acids is 1. The molecule has 0 bridgehead atoms. The summed E-state index contributed by atoms with van der Waals surface area (Å²) in [5.41, 5.74) is 1.88. The predicted molar refractivity (Wildman–Crippen MR) is 90.9 cm³/mol. The van der Waals surface area contributed by atoms with E-state index < -0.39 is 22.0 Å². The maximum atomic E-state index is 12.9. The van der Waals surface area contributed by atoms with Crippen molar-refractivity contribution in [3.8, 4) is 0 Å². The Labute approximate surface area is 145 Å². The van der Waals surface area contributed by atoms with Gasteiger partial charge in [-0.25, -0.2) is 13.2 Å². The highest BCUT2D eigenvalue weighted by Crippen LogP contribution is 2.39. The summed E-state index contributed by atoms with van der Waals surface area (Å²) in [7, 11) is -2.27. The molecule has 0 spiro atoms. The van der Waals surface area contributed by atoms with Crippen molar-refractivity contribution in [3.05, 3.63) is 64.2 Å². The zero-order valence-corrected chi connectivity index (χ0v) is 14.5. The van der Waals surface area contributed by atoms with Gasteiger partial charge in [-0.15, -0.1) is 0 Å². The molecule has 0 radical (unpaired) electrons. The molecule has 0 saturated heterocycles. The van der Waals surface area contributed by atoms with Crippen LogP contribution in [-0.2, 0) is 16.4 Å².